The summed E-state index contributed by atoms with van der Waals surface area (Å²) in [4.78, 5) is 0. The van der Waals surface area contributed by atoms with Crippen LogP contribution in [0.1, 0.15) is 29.7 Å². The molecule has 0 aliphatic carbocycles. The fourth-order valence-corrected chi connectivity index (χ4v) is 1.79. The summed E-state index contributed by atoms with van der Waals surface area (Å²) in [6, 6.07) is 16.7. The van der Waals surface area contributed by atoms with E-state index in [2.05, 4.69) is 56.0 Å². The fraction of sp³-hybridized carbons (Fsp3) is 0.111. The summed E-state index contributed by atoms with van der Waals surface area (Å²) in [6.45, 7) is 5.90. The van der Waals surface area contributed by atoms with Crippen molar-refractivity contribution in [1.29, 1.82) is 0 Å². The molecule has 0 amide bonds. The predicted octanol–water partition coefficient (Wildman–Crippen LogP) is 5.44. The molecule has 2 aromatic rings. The Morgan fingerprint density at radius 1 is 0.889 bits per heavy atom. The molecule has 0 N–H and O–H groups in total. The highest BCUT2D eigenvalue weighted by molar-refractivity contribution is 5.70. The molecule has 0 aromatic heterocycles. The number of hydrogen-bond acceptors (Lipinski definition) is 0. The Hall–Kier alpha value is -2.08. The first-order chi connectivity index (χ1) is 8.29. The van der Waals surface area contributed by atoms with E-state index in [4.69, 9.17) is 0 Å². The van der Waals surface area contributed by atoms with Gasteiger partial charge in [0.1, 0.15) is 0 Å². The Balaban J connectivity index is 0.00000162. The number of aryl methyl sites for hydroxylation is 1. The van der Waals surface area contributed by atoms with Crippen molar-refractivity contribution in [2.45, 2.75) is 14.4 Å². The van der Waals surface area contributed by atoms with Gasteiger partial charge in [0.25, 0.3) is 0 Å². The lowest BCUT2D eigenvalue weighted by Gasteiger charge is -2.01. The van der Waals surface area contributed by atoms with Gasteiger partial charge in [-0.15, -0.1) is 0 Å². The van der Waals surface area contributed by atoms with E-state index in [0.717, 1.165) is 0 Å². The van der Waals surface area contributed by atoms with Crippen LogP contribution in [0.5, 0.6) is 0 Å². The van der Waals surface area contributed by atoms with E-state index >= 15 is 0 Å². The average molecular weight is 236 g/mol. The topological polar surface area (TPSA) is 0 Å². The first kappa shape index (κ1) is 14.0. The molecule has 0 saturated carbocycles. The quantitative estimate of drug-likeness (QED) is 0.622. The van der Waals surface area contributed by atoms with E-state index < -0.39 is 0 Å². The fourth-order valence-electron chi connectivity index (χ4n) is 1.79. The maximum absolute atomic E-state index is 3.80. The maximum atomic E-state index is 3.80. The van der Waals surface area contributed by atoms with Crippen LogP contribution >= 0.6 is 0 Å². The molecule has 0 bridgehead atoms. The van der Waals surface area contributed by atoms with Gasteiger partial charge in [-0.1, -0.05) is 80.8 Å². The summed E-state index contributed by atoms with van der Waals surface area (Å²) in [6.07, 6.45) is 6.15. The minimum Gasteiger partial charge on any atom is -0.0985 e. The molecular weight excluding hydrogens is 216 g/mol. The van der Waals surface area contributed by atoms with Gasteiger partial charge in [0, 0.05) is 0 Å². The third-order valence-electron chi connectivity index (χ3n) is 2.78. The van der Waals surface area contributed by atoms with Crippen molar-refractivity contribution in [2.75, 3.05) is 0 Å². The number of benzene rings is 2. The molecule has 0 saturated heterocycles. The second-order valence-corrected chi connectivity index (χ2v) is 4.06. The van der Waals surface area contributed by atoms with Gasteiger partial charge in [0.15, 0.2) is 0 Å². The second kappa shape index (κ2) is 6.61. The summed E-state index contributed by atoms with van der Waals surface area (Å²) in [5.41, 5.74) is 4.90. The highest BCUT2D eigenvalue weighted by Crippen LogP contribution is 2.14. The number of rotatable bonds is 3. The molecule has 0 spiro atoms. The van der Waals surface area contributed by atoms with Crippen molar-refractivity contribution in [3.63, 3.8) is 0 Å². The average Bonchev–Trinajstić information content (AvgIpc) is 2.38. The molecule has 2 aromatic carbocycles. The highest BCUT2D eigenvalue weighted by Gasteiger charge is 1.94. The Morgan fingerprint density at radius 2 is 1.56 bits per heavy atom. The van der Waals surface area contributed by atoms with Crippen molar-refractivity contribution in [3.05, 3.63) is 77.4 Å². The lowest BCUT2D eigenvalue weighted by atomic mass is 10.0. The van der Waals surface area contributed by atoms with Gasteiger partial charge < -0.3 is 0 Å². The largest absolute Gasteiger partial charge is 0.0985 e. The maximum Gasteiger partial charge on any atom is -0.0233 e. The van der Waals surface area contributed by atoms with Gasteiger partial charge in [-0.05, 0) is 29.2 Å². The first-order valence-corrected chi connectivity index (χ1v) is 5.76. The SMILES string of the molecule is C.C=Cc1ccc(/C=C/c2ccccc2)cc1C. The molecule has 0 nitrogen and oxygen atoms in total. The van der Waals surface area contributed by atoms with Crippen LogP contribution in [0.15, 0.2) is 55.1 Å². The standard InChI is InChI=1S/C17H16.CH4/c1-3-17-12-11-16(13-14(17)2)10-9-15-7-5-4-6-8-15;/h3-13H,1H2,2H3;1H4/b10-9+;. The summed E-state index contributed by atoms with van der Waals surface area (Å²) in [7, 11) is 0. The van der Waals surface area contributed by atoms with Crippen molar-refractivity contribution in [1.82, 2.24) is 0 Å². The van der Waals surface area contributed by atoms with Crippen LogP contribution in [0, 0.1) is 6.92 Å². The van der Waals surface area contributed by atoms with Crippen LogP contribution < -0.4 is 0 Å². The van der Waals surface area contributed by atoms with E-state index in [9.17, 15) is 0 Å². The van der Waals surface area contributed by atoms with Crippen molar-refractivity contribution in [3.8, 4) is 0 Å². The van der Waals surface area contributed by atoms with Crippen molar-refractivity contribution >= 4 is 18.2 Å². The summed E-state index contributed by atoms with van der Waals surface area (Å²) >= 11 is 0. The molecular formula is C18H20. The van der Waals surface area contributed by atoms with E-state index in [-0.39, 0.29) is 7.43 Å². The van der Waals surface area contributed by atoms with Crippen LogP contribution in [0.4, 0.5) is 0 Å². The first-order valence-electron chi connectivity index (χ1n) is 5.76. The van der Waals surface area contributed by atoms with E-state index in [1.165, 1.54) is 22.3 Å². The molecule has 0 fully saturated rings. The van der Waals surface area contributed by atoms with Gasteiger partial charge >= 0.3 is 0 Å². The molecule has 92 valence electrons. The molecule has 0 radical (unpaired) electrons. The van der Waals surface area contributed by atoms with Gasteiger partial charge in [-0.3, -0.25) is 0 Å². The van der Waals surface area contributed by atoms with Crippen LogP contribution in [0.25, 0.3) is 18.2 Å². The summed E-state index contributed by atoms with van der Waals surface area (Å²) in [5.74, 6) is 0. The van der Waals surface area contributed by atoms with Crippen molar-refractivity contribution in [2.24, 2.45) is 0 Å². The van der Waals surface area contributed by atoms with Crippen LogP contribution in [0.2, 0.25) is 0 Å². The third-order valence-corrected chi connectivity index (χ3v) is 2.78. The van der Waals surface area contributed by atoms with Gasteiger partial charge in [0.05, 0.1) is 0 Å². The molecule has 0 aliphatic rings. The van der Waals surface area contributed by atoms with E-state index in [0.29, 0.717) is 0 Å². The molecule has 0 atom stereocenters. The Bertz CT molecular complexity index is 533. The lowest BCUT2D eigenvalue weighted by Crippen LogP contribution is -1.81. The molecule has 0 heterocycles. The third kappa shape index (κ3) is 3.46. The molecule has 18 heavy (non-hydrogen) atoms. The Morgan fingerprint density at radius 3 is 2.17 bits per heavy atom. The monoisotopic (exact) mass is 236 g/mol. The summed E-state index contributed by atoms with van der Waals surface area (Å²) < 4.78 is 0. The van der Waals surface area contributed by atoms with Gasteiger partial charge in [-0.2, -0.15) is 0 Å². The zero-order valence-electron chi connectivity index (χ0n) is 10.1. The number of hydrogen-bond donors (Lipinski definition) is 0. The van der Waals surface area contributed by atoms with E-state index in [1.807, 2.05) is 24.3 Å². The van der Waals surface area contributed by atoms with Gasteiger partial charge in [0.2, 0.25) is 0 Å². The molecule has 0 aliphatic heterocycles. The normalized spacial score (nSPS) is 10.1. The zero-order chi connectivity index (χ0) is 12.1. The highest BCUT2D eigenvalue weighted by atomic mass is 14.0. The van der Waals surface area contributed by atoms with Crippen LogP contribution in [-0.2, 0) is 0 Å². The van der Waals surface area contributed by atoms with Crippen molar-refractivity contribution < 1.29 is 0 Å². The zero-order valence-corrected chi connectivity index (χ0v) is 10.1. The minimum absolute atomic E-state index is 0. The molecule has 0 unspecified atom stereocenters. The van der Waals surface area contributed by atoms with Gasteiger partial charge in [-0.25, -0.2) is 0 Å². The van der Waals surface area contributed by atoms with Crippen LogP contribution in [0.3, 0.4) is 0 Å². The minimum atomic E-state index is 0. The predicted molar refractivity (Wildman–Crippen MR) is 83.4 cm³/mol. The summed E-state index contributed by atoms with van der Waals surface area (Å²) in [5, 5.41) is 0. The second-order valence-electron chi connectivity index (χ2n) is 4.06. The van der Waals surface area contributed by atoms with E-state index in [1.54, 1.807) is 0 Å². The Labute approximate surface area is 110 Å². The lowest BCUT2D eigenvalue weighted by molar-refractivity contribution is 1.43. The van der Waals surface area contributed by atoms with Crippen LogP contribution in [-0.4, -0.2) is 0 Å². The Kier molecular flexibility index (Phi) is 5.13. The molecule has 2 rings (SSSR count). The smallest absolute Gasteiger partial charge is 0.0233 e. The molecule has 0 heteroatoms.